The summed E-state index contributed by atoms with van der Waals surface area (Å²) in [5.74, 6) is -0.131. The fourth-order valence-corrected chi connectivity index (χ4v) is 3.51. The Kier molecular flexibility index (Phi) is 5.35. The van der Waals surface area contributed by atoms with Crippen LogP contribution in [0.4, 0.5) is 4.39 Å². The van der Waals surface area contributed by atoms with Gasteiger partial charge in [0, 0.05) is 18.2 Å². The zero-order valence-corrected chi connectivity index (χ0v) is 17.6. The monoisotopic (exact) mass is 437 g/mol. The molecule has 0 atom stereocenters. The second kappa shape index (κ2) is 8.14. The average molecular weight is 437 g/mol. The Balaban J connectivity index is 2.11. The minimum absolute atomic E-state index is 0.105. The first-order chi connectivity index (χ1) is 15.4. The Morgan fingerprint density at radius 2 is 1.69 bits per heavy atom. The van der Waals surface area contributed by atoms with Gasteiger partial charge in [-0.1, -0.05) is 0 Å². The number of carbonyl (C=O) groups excluding carboxylic acids is 1. The Morgan fingerprint density at radius 3 is 2.22 bits per heavy atom. The number of methoxy groups -OCH3 is 2. The quantitative estimate of drug-likeness (QED) is 0.496. The largest absolute Gasteiger partial charge is 0.497 e. The Morgan fingerprint density at radius 1 is 1.06 bits per heavy atom. The van der Waals surface area contributed by atoms with E-state index in [1.165, 1.54) is 47.6 Å². The molecule has 1 amide bonds. The van der Waals surface area contributed by atoms with E-state index in [1.807, 2.05) is 0 Å². The van der Waals surface area contributed by atoms with E-state index in [1.54, 1.807) is 25.1 Å². The third-order valence-corrected chi connectivity index (χ3v) is 5.01. The van der Waals surface area contributed by atoms with E-state index in [9.17, 15) is 14.0 Å². The topological polar surface area (TPSA) is 114 Å². The molecule has 2 N–H and O–H groups in total. The molecule has 0 saturated heterocycles. The first-order valence-corrected chi connectivity index (χ1v) is 9.70. The molecule has 164 valence electrons. The number of halogens is 1. The molecular weight excluding hydrogens is 417 g/mol. The third kappa shape index (κ3) is 3.45. The van der Waals surface area contributed by atoms with E-state index in [0.29, 0.717) is 22.7 Å². The molecule has 32 heavy (non-hydrogen) atoms. The van der Waals surface area contributed by atoms with Crippen LogP contribution in [0.1, 0.15) is 17.4 Å². The lowest BCUT2D eigenvalue weighted by molar-refractivity contribution is 0.0997. The summed E-state index contributed by atoms with van der Waals surface area (Å²) in [6.45, 7) is 2.00. The van der Waals surface area contributed by atoms with E-state index in [2.05, 4.69) is 9.97 Å². The highest BCUT2D eigenvalue weighted by Gasteiger charge is 2.24. The molecule has 2 aromatic carbocycles. The summed E-state index contributed by atoms with van der Waals surface area (Å²) in [6, 6.07) is 10.4. The van der Waals surface area contributed by atoms with Crippen LogP contribution in [-0.2, 0) is 6.54 Å². The van der Waals surface area contributed by atoms with Crippen LogP contribution >= 0.6 is 0 Å². The molecule has 4 rings (SSSR count). The number of fused-ring (bicyclic) bond motifs is 1. The van der Waals surface area contributed by atoms with Crippen molar-refractivity contribution in [3.63, 3.8) is 0 Å². The molecule has 0 bridgehead atoms. The van der Waals surface area contributed by atoms with Crippen LogP contribution in [0.25, 0.3) is 28.2 Å². The van der Waals surface area contributed by atoms with Crippen LogP contribution in [0.3, 0.4) is 0 Å². The fourth-order valence-electron chi connectivity index (χ4n) is 3.51. The molecule has 2 aromatic heterocycles. The summed E-state index contributed by atoms with van der Waals surface area (Å²) in [5, 5.41) is 0. The standard InChI is InChI=1S/C22H20FN5O4/c1-4-27-18-17(19(24)29)25-20(12-9-15(31-2)11-16(10-12)32-3)26-21(18)28(22(27)30)14-7-5-13(23)6-8-14/h5-11H,4H2,1-3H3,(H2,24,29). The summed E-state index contributed by atoms with van der Waals surface area (Å²) < 4.78 is 26.8. The Bertz CT molecular complexity index is 1370. The van der Waals surface area contributed by atoms with Gasteiger partial charge in [0.2, 0.25) is 0 Å². The summed E-state index contributed by atoms with van der Waals surface area (Å²) in [7, 11) is 3.01. The predicted molar refractivity (Wildman–Crippen MR) is 116 cm³/mol. The van der Waals surface area contributed by atoms with Crippen molar-refractivity contribution in [1.82, 2.24) is 19.1 Å². The molecule has 0 aliphatic carbocycles. The van der Waals surface area contributed by atoms with Crippen LogP contribution in [0.5, 0.6) is 11.5 Å². The number of carbonyl (C=O) groups is 1. The lowest BCUT2D eigenvalue weighted by atomic mass is 10.1. The number of rotatable bonds is 6. The number of nitrogens with zero attached hydrogens (tertiary/aromatic N) is 4. The van der Waals surface area contributed by atoms with Crippen molar-refractivity contribution in [1.29, 1.82) is 0 Å². The molecule has 2 heterocycles. The van der Waals surface area contributed by atoms with Gasteiger partial charge in [-0.3, -0.25) is 9.36 Å². The number of hydrogen-bond acceptors (Lipinski definition) is 6. The SMILES string of the molecule is CCn1c(=O)n(-c2ccc(F)cc2)c2nc(-c3cc(OC)cc(OC)c3)nc(C(N)=O)c21. The molecule has 0 fully saturated rings. The molecule has 0 aliphatic rings. The zero-order chi connectivity index (χ0) is 23.0. The van der Waals surface area contributed by atoms with Crippen molar-refractivity contribution in [2.45, 2.75) is 13.5 Å². The molecule has 9 nitrogen and oxygen atoms in total. The number of benzene rings is 2. The number of primary amides is 1. The second-order valence-corrected chi connectivity index (χ2v) is 6.87. The molecule has 0 spiro atoms. The van der Waals surface area contributed by atoms with Crippen molar-refractivity contribution in [2.75, 3.05) is 14.2 Å². The van der Waals surface area contributed by atoms with Crippen LogP contribution < -0.4 is 20.9 Å². The van der Waals surface area contributed by atoms with Crippen LogP contribution in [0.15, 0.2) is 47.3 Å². The van der Waals surface area contributed by atoms with Crippen molar-refractivity contribution in [2.24, 2.45) is 5.73 Å². The van der Waals surface area contributed by atoms with Crippen molar-refractivity contribution in [3.8, 4) is 28.6 Å². The van der Waals surface area contributed by atoms with Crippen molar-refractivity contribution >= 4 is 17.1 Å². The van der Waals surface area contributed by atoms with Crippen molar-refractivity contribution < 1.29 is 18.7 Å². The number of aromatic nitrogens is 4. The third-order valence-electron chi connectivity index (χ3n) is 5.01. The highest BCUT2D eigenvalue weighted by Crippen LogP contribution is 2.30. The lowest BCUT2D eigenvalue weighted by Gasteiger charge is -2.10. The molecule has 10 heteroatoms. The first kappa shape index (κ1) is 21.0. The number of imidazole rings is 1. The lowest BCUT2D eigenvalue weighted by Crippen LogP contribution is -2.23. The smallest absolute Gasteiger partial charge is 0.335 e. The predicted octanol–water partition coefficient (Wildman–Crippen LogP) is 2.52. The van der Waals surface area contributed by atoms with Gasteiger partial charge in [0.25, 0.3) is 5.91 Å². The maximum Gasteiger partial charge on any atom is 0.335 e. The molecule has 0 aliphatic heterocycles. The molecule has 0 unspecified atom stereocenters. The maximum atomic E-state index is 13.5. The van der Waals surface area contributed by atoms with Gasteiger partial charge in [-0.25, -0.2) is 23.7 Å². The Labute approximate surface area is 181 Å². The summed E-state index contributed by atoms with van der Waals surface area (Å²) in [4.78, 5) is 34.5. The molecule has 0 saturated carbocycles. The number of aryl methyl sites for hydroxylation is 1. The van der Waals surface area contributed by atoms with Gasteiger partial charge in [0.1, 0.15) is 22.8 Å². The molecular formula is C22H20FN5O4. The summed E-state index contributed by atoms with van der Waals surface area (Å²) in [5.41, 5.74) is 6.32. The van der Waals surface area contributed by atoms with E-state index < -0.39 is 17.4 Å². The maximum absolute atomic E-state index is 13.5. The van der Waals surface area contributed by atoms with E-state index in [4.69, 9.17) is 15.2 Å². The van der Waals surface area contributed by atoms with E-state index >= 15 is 0 Å². The molecule has 0 radical (unpaired) electrons. The van der Waals surface area contributed by atoms with Crippen LogP contribution in [-0.4, -0.2) is 39.2 Å². The van der Waals surface area contributed by atoms with E-state index in [0.717, 1.165) is 0 Å². The van der Waals surface area contributed by atoms with Gasteiger partial charge in [0.15, 0.2) is 17.2 Å². The molecule has 4 aromatic rings. The first-order valence-electron chi connectivity index (χ1n) is 9.70. The number of amides is 1. The summed E-state index contributed by atoms with van der Waals surface area (Å²) in [6.07, 6.45) is 0. The van der Waals surface area contributed by atoms with Gasteiger partial charge in [-0.05, 0) is 43.3 Å². The van der Waals surface area contributed by atoms with Gasteiger partial charge in [-0.2, -0.15) is 0 Å². The second-order valence-electron chi connectivity index (χ2n) is 6.87. The average Bonchev–Trinajstić information content (AvgIpc) is 3.09. The number of ether oxygens (including phenoxy) is 2. The minimum atomic E-state index is -0.813. The van der Waals surface area contributed by atoms with Crippen LogP contribution in [0.2, 0.25) is 0 Å². The van der Waals surface area contributed by atoms with Gasteiger partial charge < -0.3 is 15.2 Å². The number of nitrogens with two attached hydrogens (primary N) is 1. The highest BCUT2D eigenvalue weighted by atomic mass is 19.1. The fraction of sp³-hybridized carbons (Fsp3) is 0.182. The van der Waals surface area contributed by atoms with Gasteiger partial charge >= 0.3 is 5.69 Å². The zero-order valence-electron chi connectivity index (χ0n) is 17.6. The Hall–Kier alpha value is -4.21. The summed E-state index contributed by atoms with van der Waals surface area (Å²) >= 11 is 0. The van der Waals surface area contributed by atoms with Crippen molar-refractivity contribution in [3.05, 3.63) is 64.5 Å². The number of hydrogen-bond donors (Lipinski definition) is 1. The van der Waals surface area contributed by atoms with Crippen LogP contribution in [0, 0.1) is 5.82 Å². The van der Waals surface area contributed by atoms with Gasteiger partial charge in [0.05, 0.1) is 19.9 Å². The minimum Gasteiger partial charge on any atom is -0.497 e. The highest BCUT2D eigenvalue weighted by molar-refractivity contribution is 6.02. The van der Waals surface area contributed by atoms with Gasteiger partial charge in [-0.15, -0.1) is 0 Å². The normalized spacial score (nSPS) is 11.0. The van der Waals surface area contributed by atoms with E-state index in [-0.39, 0.29) is 29.2 Å².